The van der Waals surface area contributed by atoms with Crippen LogP contribution in [0.1, 0.15) is 59.5 Å². The van der Waals surface area contributed by atoms with E-state index in [2.05, 4.69) is 15.5 Å². The van der Waals surface area contributed by atoms with Gasteiger partial charge in [-0.2, -0.15) is 0 Å². The number of ether oxygens (including phenoxy) is 1. The van der Waals surface area contributed by atoms with Crippen molar-refractivity contribution in [1.82, 2.24) is 20.2 Å². The molecule has 2 N–H and O–H groups in total. The molecule has 2 fully saturated rings. The van der Waals surface area contributed by atoms with Crippen LogP contribution in [0.25, 0.3) is 0 Å². The van der Waals surface area contributed by atoms with Crippen molar-refractivity contribution in [3.8, 4) is 0 Å². The minimum atomic E-state index is -0.279. The highest BCUT2D eigenvalue weighted by Gasteiger charge is 2.25. The summed E-state index contributed by atoms with van der Waals surface area (Å²) in [4.78, 5) is 24.9. The van der Waals surface area contributed by atoms with Gasteiger partial charge in [-0.05, 0) is 57.0 Å². The summed E-state index contributed by atoms with van der Waals surface area (Å²) in [5.74, 6) is 0.0130. The molecule has 2 atom stereocenters. The molecule has 0 aliphatic carbocycles. The van der Waals surface area contributed by atoms with Gasteiger partial charge < -0.3 is 20.3 Å². The van der Waals surface area contributed by atoms with E-state index in [1.54, 1.807) is 12.1 Å². The van der Waals surface area contributed by atoms with E-state index in [0.29, 0.717) is 36.1 Å². The molecule has 0 spiro atoms. The third kappa shape index (κ3) is 5.42. The molecule has 0 bridgehead atoms. The van der Waals surface area contributed by atoms with Crippen LogP contribution in [0.15, 0.2) is 24.3 Å². The molecular formula is C24H32FN5O2. The normalized spacial score (nSPS) is 19.8. The number of halogens is 1. The number of likely N-dealkylation sites (tertiary alicyclic amines) is 1. The summed E-state index contributed by atoms with van der Waals surface area (Å²) in [5, 5.41) is 6.45. The molecule has 4 rings (SSSR count). The zero-order chi connectivity index (χ0) is 22.5. The number of rotatable bonds is 8. The molecule has 2 aliphatic rings. The van der Waals surface area contributed by atoms with Gasteiger partial charge in [0.2, 0.25) is 0 Å². The van der Waals surface area contributed by atoms with E-state index < -0.39 is 0 Å². The molecule has 3 heterocycles. The highest BCUT2D eigenvalue weighted by molar-refractivity contribution is 5.93. The number of aromatic nitrogens is 2. The van der Waals surface area contributed by atoms with Crippen molar-refractivity contribution in [2.75, 3.05) is 44.7 Å². The molecule has 1 amide bonds. The molecule has 0 radical (unpaired) electrons. The fourth-order valence-corrected chi connectivity index (χ4v) is 4.33. The third-order valence-corrected chi connectivity index (χ3v) is 6.28. The summed E-state index contributed by atoms with van der Waals surface area (Å²) in [6, 6.07) is 6.40. The summed E-state index contributed by atoms with van der Waals surface area (Å²) in [7, 11) is 0. The van der Waals surface area contributed by atoms with Crippen molar-refractivity contribution in [2.45, 2.75) is 45.1 Å². The Kier molecular flexibility index (Phi) is 7.32. The van der Waals surface area contributed by atoms with E-state index in [0.717, 1.165) is 38.2 Å². The zero-order valence-electron chi connectivity index (χ0n) is 18.9. The molecule has 1 unspecified atom stereocenters. The number of nitrogens with zero attached hydrogens (tertiary/aromatic N) is 3. The quantitative estimate of drug-likeness (QED) is 0.655. The summed E-state index contributed by atoms with van der Waals surface area (Å²) in [6.07, 6.45) is 3.30. The lowest BCUT2D eigenvalue weighted by Gasteiger charge is -2.21. The monoisotopic (exact) mass is 441 g/mol. The van der Waals surface area contributed by atoms with Gasteiger partial charge in [0.15, 0.2) is 0 Å². The zero-order valence-corrected chi connectivity index (χ0v) is 18.9. The minimum absolute atomic E-state index is 0.0000604. The van der Waals surface area contributed by atoms with Crippen LogP contribution in [0.2, 0.25) is 0 Å². The van der Waals surface area contributed by atoms with E-state index >= 15 is 0 Å². The van der Waals surface area contributed by atoms with Gasteiger partial charge in [0, 0.05) is 25.6 Å². The number of benzene rings is 1. The van der Waals surface area contributed by atoms with E-state index in [9.17, 15) is 9.18 Å². The molecule has 2 aromatic rings. The first-order chi connectivity index (χ1) is 15.5. The number of amides is 1. The molecule has 1 aromatic carbocycles. The molecule has 2 saturated heterocycles. The fourth-order valence-electron chi connectivity index (χ4n) is 4.33. The van der Waals surface area contributed by atoms with Gasteiger partial charge in [-0.15, -0.1) is 0 Å². The molecule has 32 heavy (non-hydrogen) atoms. The maximum Gasteiger partial charge on any atom is 0.272 e. The van der Waals surface area contributed by atoms with Gasteiger partial charge in [0.05, 0.1) is 24.0 Å². The van der Waals surface area contributed by atoms with E-state index in [-0.39, 0.29) is 23.7 Å². The number of hydrogen-bond acceptors (Lipinski definition) is 6. The summed E-state index contributed by atoms with van der Waals surface area (Å²) < 4.78 is 18.8. The van der Waals surface area contributed by atoms with Gasteiger partial charge >= 0.3 is 0 Å². The van der Waals surface area contributed by atoms with Gasteiger partial charge in [0.1, 0.15) is 17.3 Å². The Morgan fingerprint density at radius 3 is 2.69 bits per heavy atom. The van der Waals surface area contributed by atoms with Gasteiger partial charge in [-0.25, -0.2) is 14.4 Å². The number of carbonyl (C=O) groups excluding carboxylic acids is 1. The van der Waals surface area contributed by atoms with Crippen molar-refractivity contribution in [1.29, 1.82) is 0 Å². The van der Waals surface area contributed by atoms with Crippen LogP contribution >= 0.6 is 0 Å². The Hall–Kier alpha value is -2.58. The minimum Gasteiger partial charge on any atom is -0.379 e. The number of nitrogens with one attached hydrogen (secondary N) is 2. The van der Waals surface area contributed by atoms with Crippen LogP contribution in [0, 0.1) is 12.7 Å². The van der Waals surface area contributed by atoms with Crippen molar-refractivity contribution in [3.63, 3.8) is 0 Å². The fraction of sp³-hybridized carbons (Fsp3) is 0.542. The average Bonchev–Trinajstić information content (AvgIpc) is 3.48. The van der Waals surface area contributed by atoms with Crippen molar-refractivity contribution in [2.24, 2.45) is 0 Å². The molecule has 2 aliphatic heterocycles. The summed E-state index contributed by atoms with van der Waals surface area (Å²) in [5.41, 5.74) is 2.52. The van der Waals surface area contributed by atoms with Crippen LogP contribution in [0.5, 0.6) is 0 Å². The van der Waals surface area contributed by atoms with Crippen LogP contribution < -0.4 is 10.6 Å². The van der Waals surface area contributed by atoms with Gasteiger partial charge in [-0.1, -0.05) is 19.1 Å². The number of hydrogen-bond donors (Lipinski definition) is 2. The second-order valence-corrected chi connectivity index (χ2v) is 8.67. The van der Waals surface area contributed by atoms with Crippen LogP contribution in [0.4, 0.5) is 10.2 Å². The van der Waals surface area contributed by atoms with Crippen LogP contribution in [0.3, 0.4) is 0 Å². The largest absolute Gasteiger partial charge is 0.379 e. The Labute approximate surface area is 188 Å². The summed E-state index contributed by atoms with van der Waals surface area (Å²) >= 11 is 0. The maximum absolute atomic E-state index is 13.5. The first kappa shape index (κ1) is 22.6. The number of anilines is 1. The third-order valence-electron chi connectivity index (χ3n) is 6.28. The van der Waals surface area contributed by atoms with Crippen LogP contribution in [-0.4, -0.2) is 66.2 Å². The van der Waals surface area contributed by atoms with Crippen molar-refractivity contribution in [3.05, 3.63) is 52.7 Å². The smallest absolute Gasteiger partial charge is 0.272 e. The maximum atomic E-state index is 13.5. The van der Waals surface area contributed by atoms with E-state index in [1.807, 2.05) is 13.8 Å². The number of carbonyl (C=O) groups is 1. The highest BCUT2D eigenvalue weighted by Crippen LogP contribution is 2.29. The standard InChI is InChI=1S/C24H32FN5O2/c1-16(18-5-7-19(25)8-6-18)21-23(26-10-13-30-11-3-4-12-30)27-17(2)22(29-21)24(31)28-20-9-14-32-15-20/h5-8,16,20H,3-4,9-15H2,1-2H3,(H,26,27)(H,28,31)/t16?,20-/m0/s1. The predicted octanol–water partition coefficient (Wildman–Crippen LogP) is 3.10. The van der Waals surface area contributed by atoms with Crippen molar-refractivity contribution < 1.29 is 13.9 Å². The second kappa shape index (κ2) is 10.4. The van der Waals surface area contributed by atoms with E-state index in [4.69, 9.17) is 14.7 Å². The number of aryl methyl sites for hydroxylation is 1. The molecule has 8 heteroatoms. The predicted molar refractivity (Wildman–Crippen MR) is 122 cm³/mol. The lowest BCUT2D eigenvalue weighted by molar-refractivity contribution is 0.0923. The first-order valence-corrected chi connectivity index (χ1v) is 11.5. The Morgan fingerprint density at radius 1 is 1.25 bits per heavy atom. The molecule has 1 aromatic heterocycles. The lowest BCUT2D eigenvalue weighted by Crippen LogP contribution is -2.36. The molecule has 7 nitrogen and oxygen atoms in total. The summed E-state index contributed by atoms with van der Waals surface area (Å²) in [6.45, 7) is 8.95. The molecule has 0 saturated carbocycles. The Bertz CT molecular complexity index is 925. The molecule has 172 valence electrons. The highest BCUT2D eigenvalue weighted by atomic mass is 19.1. The average molecular weight is 442 g/mol. The lowest BCUT2D eigenvalue weighted by atomic mass is 9.97. The van der Waals surface area contributed by atoms with Gasteiger partial charge in [-0.3, -0.25) is 4.79 Å². The van der Waals surface area contributed by atoms with Crippen LogP contribution in [-0.2, 0) is 4.74 Å². The Morgan fingerprint density at radius 2 is 2.00 bits per heavy atom. The van der Waals surface area contributed by atoms with E-state index in [1.165, 1.54) is 25.0 Å². The SMILES string of the molecule is Cc1nc(NCCN2CCCC2)c(C(C)c2ccc(F)cc2)nc1C(=O)N[C@H]1CCOC1. The Balaban J connectivity index is 1.58. The molecular weight excluding hydrogens is 409 g/mol. The van der Waals surface area contributed by atoms with Gasteiger partial charge in [0.25, 0.3) is 5.91 Å². The van der Waals surface area contributed by atoms with Crippen molar-refractivity contribution >= 4 is 11.7 Å². The second-order valence-electron chi connectivity index (χ2n) is 8.67. The topological polar surface area (TPSA) is 79.4 Å². The first-order valence-electron chi connectivity index (χ1n) is 11.5.